The molecule has 1 unspecified atom stereocenters. The molecule has 2 aromatic carbocycles. The number of anilines is 1. The number of fused-ring (bicyclic) bond motifs is 1. The molecule has 1 amide bonds. The normalized spacial score (nSPS) is 18.3. The van der Waals surface area contributed by atoms with E-state index in [2.05, 4.69) is 5.32 Å². The number of amides is 1. The van der Waals surface area contributed by atoms with E-state index in [1.165, 1.54) is 0 Å². The van der Waals surface area contributed by atoms with E-state index < -0.39 is 23.4 Å². The number of hydrogen-bond donors (Lipinski definition) is 1. The molecule has 0 aromatic heterocycles. The monoisotopic (exact) mass is 387 g/mol. The summed E-state index contributed by atoms with van der Waals surface area (Å²) in [6, 6.07) is 11.1. The van der Waals surface area contributed by atoms with Crippen LogP contribution in [0.2, 0.25) is 5.02 Å². The molecule has 0 aliphatic carbocycles. The predicted molar refractivity (Wildman–Crippen MR) is 100 cm³/mol. The van der Waals surface area contributed by atoms with Gasteiger partial charge in [0.05, 0.1) is 17.7 Å². The Hall–Kier alpha value is -2.86. The van der Waals surface area contributed by atoms with Crippen molar-refractivity contribution in [3.8, 4) is 0 Å². The van der Waals surface area contributed by atoms with Gasteiger partial charge in [-0.15, -0.1) is 0 Å². The Kier molecular flexibility index (Phi) is 5.19. The van der Waals surface area contributed by atoms with E-state index in [-0.39, 0.29) is 13.0 Å². The second kappa shape index (κ2) is 7.40. The standard InChI is InChI=1S/C20H18ClNO5/c1-3-26-17(23)12-4-7-15(8-5-12)22-19(25)20(2)11-13-10-14(21)6-9-16(13)18(24)27-20/h4-10H,3,11H2,1-2H3,(H,22,25). The fourth-order valence-electron chi connectivity index (χ4n) is 2.86. The van der Waals surface area contributed by atoms with E-state index in [1.807, 2.05) is 0 Å². The van der Waals surface area contributed by atoms with Crippen LogP contribution < -0.4 is 5.32 Å². The number of benzene rings is 2. The molecule has 1 N–H and O–H groups in total. The highest BCUT2D eigenvalue weighted by atomic mass is 35.5. The Morgan fingerprint density at radius 2 is 1.93 bits per heavy atom. The molecular formula is C20H18ClNO5. The third kappa shape index (κ3) is 3.95. The number of hydrogen-bond acceptors (Lipinski definition) is 5. The molecule has 7 heteroatoms. The zero-order chi connectivity index (χ0) is 19.6. The number of rotatable bonds is 4. The lowest BCUT2D eigenvalue weighted by atomic mass is 9.89. The van der Waals surface area contributed by atoms with Crippen LogP contribution >= 0.6 is 11.6 Å². The van der Waals surface area contributed by atoms with Crippen LogP contribution in [0.4, 0.5) is 5.69 Å². The summed E-state index contributed by atoms with van der Waals surface area (Å²) in [5.41, 5.74) is 0.558. The molecule has 0 saturated carbocycles. The first-order valence-corrected chi connectivity index (χ1v) is 8.80. The van der Waals surface area contributed by atoms with E-state index in [4.69, 9.17) is 21.1 Å². The summed E-state index contributed by atoms with van der Waals surface area (Å²) in [5, 5.41) is 3.20. The Morgan fingerprint density at radius 3 is 2.59 bits per heavy atom. The maximum atomic E-state index is 12.7. The highest BCUT2D eigenvalue weighted by Gasteiger charge is 2.42. The van der Waals surface area contributed by atoms with Gasteiger partial charge in [-0.1, -0.05) is 11.6 Å². The summed E-state index contributed by atoms with van der Waals surface area (Å²) in [6.45, 7) is 3.56. The van der Waals surface area contributed by atoms with Gasteiger partial charge in [0.25, 0.3) is 5.91 Å². The summed E-state index contributed by atoms with van der Waals surface area (Å²) < 4.78 is 10.3. The topological polar surface area (TPSA) is 81.7 Å². The summed E-state index contributed by atoms with van der Waals surface area (Å²) in [4.78, 5) is 36.7. The van der Waals surface area contributed by atoms with Gasteiger partial charge in [0, 0.05) is 17.1 Å². The Labute approximate surface area is 161 Å². The van der Waals surface area contributed by atoms with Crippen molar-refractivity contribution in [1.82, 2.24) is 0 Å². The number of cyclic esters (lactones) is 1. The largest absolute Gasteiger partial charge is 0.462 e. The fraction of sp³-hybridized carbons (Fsp3) is 0.250. The van der Waals surface area contributed by atoms with Crippen molar-refractivity contribution >= 4 is 35.1 Å². The highest BCUT2D eigenvalue weighted by molar-refractivity contribution is 6.30. The average molecular weight is 388 g/mol. The SMILES string of the molecule is CCOC(=O)c1ccc(NC(=O)C2(C)Cc3cc(Cl)ccc3C(=O)O2)cc1. The van der Waals surface area contributed by atoms with Gasteiger partial charge in [-0.25, -0.2) is 9.59 Å². The first-order valence-electron chi connectivity index (χ1n) is 8.43. The number of nitrogens with one attached hydrogen (secondary N) is 1. The maximum Gasteiger partial charge on any atom is 0.339 e. The zero-order valence-electron chi connectivity index (χ0n) is 14.9. The van der Waals surface area contributed by atoms with Gasteiger partial charge in [-0.3, -0.25) is 4.79 Å². The number of ether oxygens (including phenoxy) is 2. The van der Waals surface area contributed by atoms with Gasteiger partial charge in [0.1, 0.15) is 0 Å². The minimum atomic E-state index is -1.37. The van der Waals surface area contributed by atoms with Crippen molar-refractivity contribution in [2.75, 3.05) is 11.9 Å². The van der Waals surface area contributed by atoms with Crippen molar-refractivity contribution in [3.05, 3.63) is 64.2 Å². The quantitative estimate of drug-likeness (QED) is 0.810. The van der Waals surface area contributed by atoms with E-state index in [0.29, 0.717) is 27.4 Å². The van der Waals surface area contributed by atoms with E-state index in [9.17, 15) is 14.4 Å². The number of esters is 2. The van der Waals surface area contributed by atoms with Crippen molar-refractivity contribution in [2.45, 2.75) is 25.9 Å². The van der Waals surface area contributed by atoms with Gasteiger partial charge < -0.3 is 14.8 Å². The van der Waals surface area contributed by atoms with Crippen molar-refractivity contribution in [2.24, 2.45) is 0 Å². The fourth-order valence-corrected chi connectivity index (χ4v) is 3.06. The summed E-state index contributed by atoms with van der Waals surface area (Å²) in [5.74, 6) is -1.47. The van der Waals surface area contributed by atoms with Crippen LogP contribution in [0.25, 0.3) is 0 Å². The highest BCUT2D eigenvalue weighted by Crippen LogP contribution is 2.31. The first-order chi connectivity index (χ1) is 12.8. The molecule has 2 aromatic rings. The predicted octanol–water partition coefficient (Wildman–Crippen LogP) is 3.63. The van der Waals surface area contributed by atoms with Gasteiger partial charge in [-0.05, 0) is 61.9 Å². The third-order valence-corrected chi connectivity index (χ3v) is 4.50. The van der Waals surface area contributed by atoms with E-state index in [0.717, 1.165) is 0 Å². The van der Waals surface area contributed by atoms with Crippen molar-refractivity contribution < 1.29 is 23.9 Å². The van der Waals surface area contributed by atoms with Crippen molar-refractivity contribution in [3.63, 3.8) is 0 Å². The minimum absolute atomic E-state index is 0.210. The number of halogens is 1. The second-order valence-corrected chi connectivity index (χ2v) is 6.79. The minimum Gasteiger partial charge on any atom is -0.462 e. The smallest absolute Gasteiger partial charge is 0.339 e. The van der Waals surface area contributed by atoms with Gasteiger partial charge in [-0.2, -0.15) is 0 Å². The van der Waals surface area contributed by atoms with Gasteiger partial charge in [0.2, 0.25) is 0 Å². The molecule has 1 aliphatic heterocycles. The van der Waals surface area contributed by atoms with Crippen molar-refractivity contribution in [1.29, 1.82) is 0 Å². The van der Waals surface area contributed by atoms with Crippen LogP contribution in [-0.2, 0) is 20.7 Å². The van der Waals surface area contributed by atoms with Crippen LogP contribution in [0.1, 0.15) is 40.1 Å². The number of carbonyl (C=O) groups is 3. The van der Waals surface area contributed by atoms with Crippen LogP contribution in [0.5, 0.6) is 0 Å². The lowest BCUT2D eigenvalue weighted by Gasteiger charge is -2.33. The Bertz CT molecular complexity index is 909. The lowest BCUT2D eigenvalue weighted by molar-refractivity contribution is -0.134. The zero-order valence-corrected chi connectivity index (χ0v) is 15.6. The molecule has 1 aliphatic rings. The molecule has 0 radical (unpaired) electrons. The molecule has 27 heavy (non-hydrogen) atoms. The molecule has 0 fully saturated rings. The van der Waals surface area contributed by atoms with Crippen LogP contribution in [0.3, 0.4) is 0 Å². The first kappa shape index (κ1) is 18.9. The molecule has 0 saturated heterocycles. The molecule has 0 spiro atoms. The lowest BCUT2D eigenvalue weighted by Crippen LogP contribution is -2.48. The summed E-state index contributed by atoms with van der Waals surface area (Å²) >= 11 is 6.00. The molecule has 0 bridgehead atoms. The molecule has 6 nitrogen and oxygen atoms in total. The van der Waals surface area contributed by atoms with E-state index >= 15 is 0 Å². The van der Waals surface area contributed by atoms with E-state index in [1.54, 1.807) is 56.3 Å². The molecule has 1 heterocycles. The molecule has 3 rings (SSSR count). The molecule has 140 valence electrons. The molecule has 1 atom stereocenters. The summed E-state index contributed by atoms with van der Waals surface area (Å²) in [7, 11) is 0. The van der Waals surface area contributed by atoms with Gasteiger partial charge in [0.15, 0.2) is 5.60 Å². The maximum absolute atomic E-state index is 12.7. The van der Waals surface area contributed by atoms with Crippen LogP contribution in [0.15, 0.2) is 42.5 Å². The average Bonchev–Trinajstić information content (AvgIpc) is 2.62. The Balaban J connectivity index is 1.76. The summed E-state index contributed by atoms with van der Waals surface area (Å²) in [6.07, 6.45) is 0.210. The van der Waals surface area contributed by atoms with Crippen LogP contribution in [0, 0.1) is 0 Å². The Morgan fingerprint density at radius 1 is 1.22 bits per heavy atom. The van der Waals surface area contributed by atoms with Crippen LogP contribution in [-0.4, -0.2) is 30.1 Å². The second-order valence-electron chi connectivity index (χ2n) is 6.35. The van der Waals surface area contributed by atoms with Gasteiger partial charge >= 0.3 is 11.9 Å². The number of carbonyl (C=O) groups excluding carboxylic acids is 3. The molecular weight excluding hydrogens is 370 g/mol. The third-order valence-electron chi connectivity index (χ3n) is 4.27.